The molecule has 0 saturated carbocycles. The number of aryl methyl sites for hydroxylation is 2. The van der Waals surface area contributed by atoms with Crippen molar-refractivity contribution in [2.75, 3.05) is 35.7 Å². The third kappa shape index (κ3) is 10.6. The highest BCUT2D eigenvalue weighted by atomic mass is 32.2. The lowest BCUT2D eigenvalue weighted by molar-refractivity contribution is -0.114. The Morgan fingerprint density at radius 2 is 1.20 bits per heavy atom. The van der Waals surface area contributed by atoms with Gasteiger partial charge in [-0.25, -0.2) is 0 Å². The average Bonchev–Trinajstić information content (AvgIpc) is 4.10. The fourth-order valence-electron chi connectivity index (χ4n) is 6.19. The van der Waals surface area contributed by atoms with Crippen LogP contribution < -0.4 is 29.6 Å². The van der Waals surface area contributed by atoms with Crippen molar-refractivity contribution in [3.63, 3.8) is 0 Å². The van der Waals surface area contributed by atoms with E-state index in [0.29, 0.717) is 64.0 Å². The molecule has 0 aliphatic carbocycles. The Bertz CT molecular complexity index is 2490. The number of ether oxygens (including phenoxy) is 4. The topological polar surface area (TPSA) is 182 Å². The number of thioether (sulfide) groups is 2. The maximum atomic E-state index is 12.5. The van der Waals surface area contributed by atoms with Crippen molar-refractivity contribution >= 4 is 46.7 Å². The molecule has 4 aromatic heterocycles. The van der Waals surface area contributed by atoms with Crippen LogP contribution in [0.3, 0.4) is 0 Å². The van der Waals surface area contributed by atoms with Crippen molar-refractivity contribution < 1.29 is 31.4 Å². The average molecular weight is 871 g/mol. The Balaban J connectivity index is 0.000000258. The predicted octanol–water partition coefficient (Wildman–Crippen LogP) is 8.90. The fraction of sp³-hybridized carbons (Fsp3) is 0.349. The number of nitrogens with one attached hydrogen (secondary N) is 2. The molecule has 0 atom stereocenters. The highest BCUT2D eigenvalue weighted by Gasteiger charge is 2.26. The van der Waals surface area contributed by atoms with Gasteiger partial charge in [-0.1, -0.05) is 69.4 Å². The highest BCUT2D eigenvalue weighted by Crippen LogP contribution is 2.41. The normalized spacial score (nSPS) is 12.0. The molecule has 0 radical (unpaired) electrons. The first-order chi connectivity index (χ1) is 29.6. The molecule has 2 N–H and O–H groups in total. The molecule has 61 heavy (non-hydrogen) atoms. The summed E-state index contributed by atoms with van der Waals surface area (Å²) < 4.78 is 25.8. The van der Waals surface area contributed by atoms with E-state index < -0.39 is 0 Å². The molecule has 0 bridgehead atoms. The number of amides is 2. The van der Waals surface area contributed by atoms with E-state index in [9.17, 15) is 9.59 Å². The maximum absolute atomic E-state index is 12.5. The Hall–Kier alpha value is -6.14. The summed E-state index contributed by atoms with van der Waals surface area (Å²) in [6, 6.07) is 13.8. The molecule has 18 heteroatoms. The van der Waals surface area contributed by atoms with E-state index in [1.54, 1.807) is 24.8 Å². The summed E-state index contributed by atoms with van der Waals surface area (Å²) in [5.41, 5.74) is 6.55. The largest absolute Gasteiger partial charge is 0.453 e. The number of benzene rings is 2. The third-order valence-electron chi connectivity index (χ3n) is 9.40. The lowest BCUT2D eigenvalue weighted by Gasteiger charge is -2.10. The van der Waals surface area contributed by atoms with Crippen molar-refractivity contribution in [2.45, 2.75) is 84.7 Å². The van der Waals surface area contributed by atoms with Gasteiger partial charge in [-0.05, 0) is 74.6 Å². The minimum atomic E-state index is -0.0931. The summed E-state index contributed by atoms with van der Waals surface area (Å²) in [5, 5.41) is 24.4. The monoisotopic (exact) mass is 870 g/mol. The Morgan fingerprint density at radius 3 is 1.67 bits per heavy atom. The number of carbonyl (C=O) groups is 2. The maximum Gasteiger partial charge on any atom is 0.234 e. The van der Waals surface area contributed by atoms with Gasteiger partial charge in [-0.2, -0.15) is 0 Å². The van der Waals surface area contributed by atoms with Gasteiger partial charge in [0.25, 0.3) is 0 Å². The van der Waals surface area contributed by atoms with Gasteiger partial charge in [0, 0.05) is 39.7 Å². The smallest absolute Gasteiger partial charge is 0.234 e. The van der Waals surface area contributed by atoms with Crippen LogP contribution in [0.5, 0.6) is 23.0 Å². The molecule has 16 nitrogen and oxygen atoms in total. The molecule has 0 spiro atoms. The lowest BCUT2D eigenvalue weighted by atomic mass is 10.0. The van der Waals surface area contributed by atoms with Gasteiger partial charge in [0.2, 0.25) is 25.4 Å². The second-order valence-corrected chi connectivity index (χ2v) is 15.6. The molecule has 0 fully saturated rings. The summed E-state index contributed by atoms with van der Waals surface area (Å²) in [6.07, 6.45) is 6.61. The van der Waals surface area contributed by atoms with Crippen LogP contribution in [0, 0.1) is 13.8 Å². The van der Waals surface area contributed by atoms with Crippen molar-refractivity contribution in [1.29, 1.82) is 0 Å². The van der Waals surface area contributed by atoms with Crippen LogP contribution in [0.4, 0.5) is 11.4 Å². The standard InChI is InChI=1S/C21H23N5O3S.C20H21N5O3S.C2H6.2H2/c1-4-26-20(16-9-22-10-17-19(16)29-12-28-17)24-25-21(26)30-11-18(27)23-15-7-5-6-14(8-15)13(2)3;1-4-25-19(15-8-21-9-16-18(15)28-11-27-16)23-24-20(25)29-10-17(26)22-14-6-5-12(2)13(3)7-14;1-2;;/h5-10,13H,4,11-12H2,1-3H3,(H,23,27);5-9H,4,10-11H2,1-3H3,(H,22,26);1-2H3;2*1H. The molecule has 6 aromatic rings. The Labute approximate surface area is 366 Å². The molecule has 0 unspecified atom stereocenters. The zero-order chi connectivity index (χ0) is 43.5. The van der Waals surface area contributed by atoms with Crippen molar-refractivity contribution in [3.05, 3.63) is 83.9 Å². The predicted molar refractivity (Wildman–Crippen MR) is 241 cm³/mol. The van der Waals surface area contributed by atoms with Crippen molar-refractivity contribution in [3.8, 4) is 45.8 Å². The van der Waals surface area contributed by atoms with E-state index in [1.165, 1.54) is 34.7 Å². The zero-order valence-electron chi connectivity index (χ0n) is 35.5. The van der Waals surface area contributed by atoms with E-state index in [1.807, 2.05) is 87.1 Å². The minimum Gasteiger partial charge on any atom is -0.453 e. The van der Waals surface area contributed by atoms with Crippen LogP contribution in [-0.2, 0) is 22.7 Å². The number of nitrogens with zero attached hydrogens (tertiary/aromatic N) is 8. The number of pyridine rings is 2. The van der Waals surface area contributed by atoms with E-state index in [2.05, 4.69) is 60.9 Å². The van der Waals surface area contributed by atoms with E-state index >= 15 is 0 Å². The Morgan fingerprint density at radius 1 is 0.689 bits per heavy atom. The molecular formula is C43H54N10O6S2. The second kappa shape index (κ2) is 20.9. The van der Waals surface area contributed by atoms with E-state index in [4.69, 9.17) is 18.9 Å². The van der Waals surface area contributed by atoms with Crippen LogP contribution in [0.25, 0.3) is 22.8 Å². The van der Waals surface area contributed by atoms with Crippen molar-refractivity contribution in [1.82, 2.24) is 39.5 Å². The molecular weight excluding hydrogens is 817 g/mol. The summed E-state index contributed by atoms with van der Waals surface area (Å²) in [6.45, 7) is 17.9. The molecule has 2 amide bonds. The third-order valence-corrected chi connectivity index (χ3v) is 11.3. The SMILES string of the molecule is CC.CCn1c(SCC(=O)Nc2ccc(C)c(C)c2)nnc1-c1cncc2c1OCO2.CCn1c(SCC(=O)Nc2cccc(C(C)C)c2)nnc1-c1cncc2c1OCO2.[HH].[HH]. The van der Waals surface area contributed by atoms with Gasteiger partial charge >= 0.3 is 0 Å². The first-order valence-electron chi connectivity index (χ1n) is 20.0. The number of anilines is 2. The van der Waals surface area contributed by atoms with Gasteiger partial charge < -0.3 is 38.7 Å². The quantitative estimate of drug-likeness (QED) is 0.105. The molecule has 324 valence electrons. The van der Waals surface area contributed by atoms with Gasteiger partial charge in [0.15, 0.2) is 45.0 Å². The van der Waals surface area contributed by atoms with Crippen molar-refractivity contribution in [2.24, 2.45) is 0 Å². The van der Waals surface area contributed by atoms with Crippen LogP contribution in [-0.4, -0.2) is 76.4 Å². The molecule has 2 aromatic carbocycles. The van der Waals surface area contributed by atoms with Crippen LogP contribution in [0.2, 0.25) is 0 Å². The van der Waals surface area contributed by atoms with E-state index in [-0.39, 0.29) is 39.8 Å². The molecule has 2 aliphatic heterocycles. The summed E-state index contributed by atoms with van der Waals surface area (Å²) in [4.78, 5) is 33.2. The summed E-state index contributed by atoms with van der Waals surface area (Å²) in [5.74, 6) is 4.38. The number of rotatable bonds is 13. The van der Waals surface area contributed by atoms with Gasteiger partial charge in [-0.3, -0.25) is 19.6 Å². The van der Waals surface area contributed by atoms with Crippen LogP contribution >= 0.6 is 23.5 Å². The Kier molecular flexibility index (Phi) is 15.2. The second-order valence-electron chi connectivity index (χ2n) is 13.7. The first kappa shape index (κ1) is 44.4. The molecule has 8 rings (SSSR count). The summed E-state index contributed by atoms with van der Waals surface area (Å²) in [7, 11) is 0. The van der Waals surface area contributed by atoms with Gasteiger partial charge in [0.05, 0.1) is 35.0 Å². The minimum absolute atomic E-state index is 0. The molecule has 6 heterocycles. The number of fused-ring (bicyclic) bond motifs is 2. The van der Waals surface area contributed by atoms with E-state index in [0.717, 1.165) is 28.1 Å². The van der Waals surface area contributed by atoms with Crippen LogP contribution in [0.1, 0.15) is 67.0 Å². The zero-order valence-corrected chi connectivity index (χ0v) is 37.1. The first-order valence-corrected chi connectivity index (χ1v) is 22.0. The number of hydrogen-bond acceptors (Lipinski definition) is 14. The summed E-state index contributed by atoms with van der Waals surface area (Å²) >= 11 is 2.68. The number of aromatic nitrogens is 8. The highest BCUT2D eigenvalue weighted by molar-refractivity contribution is 8.00. The van der Waals surface area contributed by atoms with Crippen LogP contribution in [0.15, 0.2) is 77.6 Å². The molecule has 0 saturated heterocycles. The number of hydrogen-bond donors (Lipinski definition) is 2. The number of carbonyl (C=O) groups excluding carboxylic acids is 2. The lowest BCUT2D eigenvalue weighted by Crippen LogP contribution is -2.15. The van der Waals surface area contributed by atoms with Gasteiger partial charge in [0.1, 0.15) is 0 Å². The fourth-order valence-corrected chi connectivity index (χ4v) is 7.80. The van der Waals surface area contributed by atoms with Gasteiger partial charge in [-0.15, -0.1) is 20.4 Å². The molecule has 2 aliphatic rings.